The first-order valence-electron chi connectivity index (χ1n) is 6.24. The summed E-state index contributed by atoms with van der Waals surface area (Å²) in [7, 11) is 0. The molecule has 1 amide bonds. The first-order valence-corrected chi connectivity index (χ1v) is 7.91. The first kappa shape index (κ1) is 14.6. The topological polar surface area (TPSA) is 37.4 Å². The van der Waals surface area contributed by atoms with E-state index >= 15 is 0 Å². The Morgan fingerprint density at radius 1 is 1.53 bits per heavy atom. The molecular formula is C14H16BrNO2S. The van der Waals surface area contributed by atoms with Crippen LogP contribution in [0, 0.1) is 0 Å². The smallest absolute Gasteiger partial charge is 0.223 e. The minimum Gasteiger partial charge on any atom is -0.341 e. The zero-order chi connectivity index (χ0) is 13.8. The van der Waals surface area contributed by atoms with E-state index in [1.165, 1.54) is 17.3 Å². The van der Waals surface area contributed by atoms with Crippen LogP contribution in [-0.4, -0.2) is 34.3 Å². The SMILES string of the molecule is CC(=O)SC1CC(=O)N(CCc2cccc(Br)c2)C1. The van der Waals surface area contributed by atoms with Gasteiger partial charge in [0.25, 0.3) is 0 Å². The van der Waals surface area contributed by atoms with Crippen molar-refractivity contribution in [3.05, 3.63) is 34.3 Å². The molecular weight excluding hydrogens is 326 g/mol. The quantitative estimate of drug-likeness (QED) is 0.844. The van der Waals surface area contributed by atoms with Crippen molar-refractivity contribution < 1.29 is 9.59 Å². The van der Waals surface area contributed by atoms with E-state index in [9.17, 15) is 9.59 Å². The minimum absolute atomic E-state index is 0.0895. The average Bonchev–Trinajstić information content (AvgIpc) is 2.66. The van der Waals surface area contributed by atoms with Crippen LogP contribution in [-0.2, 0) is 16.0 Å². The minimum atomic E-state index is 0.0895. The van der Waals surface area contributed by atoms with Gasteiger partial charge in [0, 0.05) is 36.2 Å². The zero-order valence-corrected chi connectivity index (χ0v) is 13.2. The zero-order valence-electron chi connectivity index (χ0n) is 10.8. The van der Waals surface area contributed by atoms with Crippen molar-refractivity contribution in [3.63, 3.8) is 0 Å². The molecule has 1 aromatic carbocycles. The standard InChI is InChI=1S/C14H16BrNO2S/c1-10(17)19-13-8-14(18)16(9-13)6-5-11-3-2-4-12(15)7-11/h2-4,7,13H,5-6,8-9H2,1H3. The second kappa shape index (κ2) is 6.57. The molecule has 0 aromatic heterocycles. The van der Waals surface area contributed by atoms with Gasteiger partial charge in [-0.15, -0.1) is 0 Å². The van der Waals surface area contributed by atoms with Crippen LogP contribution in [0.25, 0.3) is 0 Å². The van der Waals surface area contributed by atoms with E-state index in [4.69, 9.17) is 0 Å². The number of thioether (sulfide) groups is 1. The molecule has 5 heteroatoms. The van der Waals surface area contributed by atoms with E-state index in [1.54, 1.807) is 6.92 Å². The molecule has 0 radical (unpaired) electrons. The highest BCUT2D eigenvalue weighted by molar-refractivity contribution is 9.10. The highest BCUT2D eigenvalue weighted by Crippen LogP contribution is 2.24. The molecule has 19 heavy (non-hydrogen) atoms. The molecule has 1 atom stereocenters. The summed E-state index contributed by atoms with van der Waals surface area (Å²) >= 11 is 4.73. The van der Waals surface area contributed by atoms with Gasteiger partial charge in [-0.1, -0.05) is 39.8 Å². The van der Waals surface area contributed by atoms with E-state index in [0.717, 1.165) is 17.4 Å². The summed E-state index contributed by atoms with van der Waals surface area (Å²) in [5, 5.41) is 0.221. The number of carbonyl (C=O) groups excluding carboxylic acids is 2. The van der Waals surface area contributed by atoms with Crippen molar-refractivity contribution in [1.82, 2.24) is 4.90 Å². The van der Waals surface area contributed by atoms with Crippen LogP contribution in [0.4, 0.5) is 0 Å². The van der Waals surface area contributed by atoms with Crippen LogP contribution in [0.5, 0.6) is 0 Å². The van der Waals surface area contributed by atoms with Gasteiger partial charge in [0.2, 0.25) is 5.91 Å². The number of hydrogen-bond acceptors (Lipinski definition) is 3. The molecule has 0 bridgehead atoms. The van der Waals surface area contributed by atoms with Gasteiger partial charge in [-0.2, -0.15) is 0 Å². The lowest BCUT2D eigenvalue weighted by Crippen LogP contribution is -2.27. The molecule has 1 aliphatic heterocycles. The van der Waals surface area contributed by atoms with Crippen LogP contribution in [0.3, 0.4) is 0 Å². The monoisotopic (exact) mass is 341 g/mol. The van der Waals surface area contributed by atoms with E-state index < -0.39 is 0 Å². The molecule has 3 nitrogen and oxygen atoms in total. The van der Waals surface area contributed by atoms with E-state index in [-0.39, 0.29) is 16.3 Å². The Labute approximate surface area is 125 Å². The fraction of sp³-hybridized carbons (Fsp3) is 0.429. The van der Waals surface area contributed by atoms with Crippen LogP contribution >= 0.6 is 27.7 Å². The maximum Gasteiger partial charge on any atom is 0.223 e. The van der Waals surface area contributed by atoms with Crippen molar-refractivity contribution in [1.29, 1.82) is 0 Å². The van der Waals surface area contributed by atoms with Crippen molar-refractivity contribution >= 4 is 38.7 Å². The lowest BCUT2D eigenvalue weighted by Gasteiger charge is -2.16. The average molecular weight is 342 g/mol. The molecule has 0 aliphatic carbocycles. The molecule has 1 fully saturated rings. The summed E-state index contributed by atoms with van der Waals surface area (Å²) in [5.41, 5.74) is 1.21. The van der Waals surface area contributed by atoms with Gasteiger partial charge in [-0.25, -0.2) is 0 Å². The van der Waals surface area contributed by atoms with Crippen LogP contribution in [0.1, 0.15) is 18.9 Å². The Balaban J connectivity index is 1.86. The third-order valence-corrected chi connectivity index (χ3v) is 4.55. The van der Waals surface area contributed by atoms with Crippen molar-refractivity contribution in [2.75, 3.05) is 13.1 Å². The molecule has 1 heterocycles. The second-order valence-electron chi connectivity index (χ2n) is 4.66. The first-order chi connectivity index (χ1) is 9.04. The fourth-order valence-electron chi connectivity index (χ4n) is 2.22. The maximum absolute atomic E-state index is 11.8. The van der Waals surface area contributed by atoms with Gasteiger partial charge < -0.3 is 4.90 Å². The number of rotatable bonds is 4. The molecule has 1 aliphatic rings. The lowest BCUT2D eigenvalue weighted by molar-refractivity contribution is -0.127. The van der Waals surface area contributed by atoms with Crippen LogP contribution in [0.15, 0.2) is 28.7 Å². The molecule has 0 saturated carbocycles. The maximum atomic E-state index is 11.8. The highest BCUT2D eigenvalue weighted by atomic mass is 79.9. The van der Waals surface area contributed by atoms with Gasteiger partial charge in [0.05, 0.1) is 0 Å². The van der Waals surface area contributed by atoms with E-state index in [0.29, 0.717) is 13.0 Å². The number of carbonyl (C=O) groups is 2. The third kappa shape index (κ3) is 4.35. The summed E-state index contributed by atoms with van der Waals surface area (Å²) in [6.45, 7) is 2.97. The molecule has 1 unspecified atom stereocenters. The molecule has 102 valence electrons. The van der Waals surface area contributed by atoms with Crippen molar-refractivity contribution in [3.8, 4) is 0 Å². The molecule has 0 N–H and O–H groups in total. The summed E-state index contributed by atoms with van der Waals surface area (Å²) in [6, 6.07) is 8.12. The molecule has 1 aromatic rings. The number of likely N-dealkylation sites (tertiary alicyclic amines) is 1. The third-order valence-electron chi connectivity index (χ3n) is 3.07. The Hall–Kier alpha value is -0.810. The predicted octanol–water partition coefficient (Wildman–Crippen LogP) is 2.87. The molecule has 1 saturated heterocycles. The number of amides is 1. The van der Waals surface area contributed by atoms with Gasteiger partial charge >= 0.3 is 0 Å². The van der Waals surface area contributed by atoms with Gasteiger partial charge in [0.15, 0.2) is 5.12 Å². The lowest BCUT2D eigenvalue weighted by atomic mass is 10.1. The van der Waals surface area contributed by atoms with Crippen LogP contribution < -0.4 is 0 Å². The van der Waals surface area contributed by atoms with Gasteiger partial charge in [-0.05, 0) is 24.1 Å². The number of halogens is 1. The Morgan fingerprint density at radius 3 is 3.00 bits per heavy atom. The summed E-state index contributed by atoms with van der Waals surface area (Å²) in [5.74, 6) is 0.161. The molecule has 0 spiro atoms. The summed E-state index contributed by atoms with van der Waals surface area (Å²) in [6.07, 6.45) is 1.34. The van der Waals surface area contributed by atoms with Crippen molar-refractivity contribution in [2.24, 2.45) is 0 Å². The Bertz CT molecular complexity index is 492. The largest absolute Gasteiger partial charge is 0.341 e. The van der Waals surface area contributed by atoms with E-state index in [2.05, 4.69) is 28.1 Å². The van der Waals surface area contributed by atoms with Gasteiger partial charge in [0.1, 0.15) is 0 Å². The predicted molar refractivity (Wildman–Crippen MR) is 81.1 cm³/mol. The summed E-state index contributed by atoms with van der Waals surface area (Å²) < 4.78 is 1.06. The number of benzene rings is 1. The Kier molecular flexibility index (Phi) is 5.05. The van der Waals surface area contributed by atoms with Crippen molar-refractivity contribution in [2.45, 2.75) is 25.0 Å². The normalized spacial score (nSPS) is 18.9. The molecule has 2 rings (SSSR count). The number of nitrogens with zero attached hydrogens (tertiary/aromatic N) is 1. The fourth-order valence-corrected chi connectivity index (χ4v) is 3.62. The van der Waals surface area contributed by atoms with Crippen LogP contribution in [0.2, 0.25) is 0 Å². The highest BCUT2D eigenvalue weighted by Gasteiger charge is 2.30. The second-order valence-corrected chi connectivity index (χ2v) is 7.05. The Morgan fingerprint density at radius 2 is 2.32 bits per heavy atom. The summed E-state index contributed by atoms with van der Waals surface area (Å²) in [4.78, 5) is 24.8. The van der Waals surface area contributed by atoms with Gasteiger partial charge in [-0.3, -0.25) is 9.59 Å². The number of hydrogen-bond donors (Lipinski definition) is 0. The van der Waals surface area contributed by atoms with E-state index in [1.807, 2.05) is 17.0 Å².